The highest BCUT2D eigenvalue weighted by Crippen LogP contribution is 2.50. The topological polar surface area (TPSA) is 21.7 Å². The molecule has 0 bridgehead atoms. The smallest absolute Gasteiger partial charge is 0.188 e. The summed E-state index contributed by atoms with van der Waals surface area (Å²) in [6.45, 7) is 20.7. The number of aryl methyl sites for hydroxylation is 3. The largest absolute Gasteiger partial charge is 0.467 e. The van der Waals surface area contributed by atoms with E-state index < -0.39 is 0 Å². The minimum Gasteiger partial charge on any atom is -0.467 e. The van der Waals surface area contributed by atoms with Crippen molar-refractivity contribution in [2.75, 3.05) is 18.8 Å². The number of hydrogen-bond donors (Lipinski definition) is 0. The van der Waals surface area contributed by atoms with Crippen LogP contribution in [-0.4, -0.2) is 26.0 Å². The summed E-state index contributed by atoms with van der Waals surface area (Å²) >= 11 is 0. The van der Waals surface area contributed by atoms with E-state index in [9.17, 15) is 0 Å². The first-order chi connectivity index (χ1) is 14.6. The van der Waals surface area contributed by atoms with Crippen LogP contribution in [0.3, 0.4) is 0 Å². The SMILES string of the molecule is CCC(C)(Pc1c(C)cccc1N(C(C)C)C(C)C)c1cc(C)cc(C)c1OCOC. The Bertz CT molecular complexity index is 870. The quantitative estimate of drug-likeness (QED) is 0.296. The highest BCUT2D eigenvalue weighted by molar-refractivity contribution is 7.49. The van der Waals surface area contributed by atoms with Crippen LogP contribution in [0.5, 0.6) is 5.75 Å². The summed E-state index contributed by atoms with van der Waals surface area (Å²) < 4.78 is 11.4. The average Bonchev–Trinajstić information content (AvgIpc) is 2.68. The lowest BCUT2D eigenvalue weighted by Gasteiger charge is -2.38. The predicted molar refractivity (Wildman–Crippen MR) is 138 cm³/mol. The third-order valence-corrected chi connectivity index (χ3v) is 8.16. The van der Waals surface area contributed by atoms with Crippen LogP contribution < -0.4 is 14.9 Å². The molecule has 0 saturated carbocycles. The molecule has 0 heterocycles. The van der Waals surface area contributed by atoms with Crippen molar-refractivity contribution in [2.24, 2.45) is 0 Å². The maximum atomic E-state index is 6.11. The Balaban J connectivity index is 2.65. The Morgan fingerprint density at radius 1 is 1.00 bits per heavy atom. The van der Waals surface area contributed by atoms with Gasteiger partial charge in [-0.25, -0.2) is 0 Å². The van der Waals surface area contributed by atoms with Crippen LogP contribution in [0.4, 0.5) is 5.69 Å². The summed E-state index contributed by atoms with van der Waals surface area (Å²) in [6, 6.07) is 12.2. The number of hydrogen-bond acceptors (Lipinski definition) is 3. The number of nitrogens with zero attached hydrogens (tertiary/aromatic N) is 1. The standard InChI is InChI=1S/C27H42NO2P/c1-11-27(9,23-16-20(6)15-22(8)25(23)30-17-29-10)31-26-21(7)13-12-14-24(26)28(18(2)3)19(4)5/h12-16,18-19,31H,11,17H2,1-10H3. The second kappa shape index (κ2) is 10.8. The molecule has 0 spiro atoms. The normalized spacial score (nSPS) is 13.9. The van der Waals surface area contributed by atoms with Gasteiger partial charge in [-0.2, -0.15) is 0 Å². The summed E-state index contributed by atoms with van der Waals surface area (Å²) in [6.07, 6.45) is 1.04. The molecule has 4 heteroatoms. The third kappa shape index (κ3) is 5.82. The van der Waals surface area contributed by atoms with Gasteiger partial charge in [0.25, 0.3) is 0 Å². The third-order valence-electron chi connectivity index (χ3n) is 6.08. The van der Waals surface area contributed by atoms with Crippen LogP contribution in [0.2, 0.25) is 0 Å². The van der Waals surface area contributed by atoms with Gasteiger partial charge in [0.1, 0.15) is 5.75 Å². The Hall–Kier alpha value is -1.57. The summed E-state index contributed by atoms with van der Waals surface area (Å²) in [4.78, 5) is 2.55. The van der Waals surface area contributed by atoms with Gasteiger partial charge >= 0.3 is 0 Å². The van der Waals surface area contributed by atoms with Crippen LogP contribution in [0.25, 0.3) is 0 Å². The van der Waals surface area contributed by atoms with Gasteiger partial charge in [0, 0.05) is 35.6 Å². The fourth-order valence-electron chi connectivity index (χ4n) is 4.48. The minimum absolute atomic E-state index is 0.0274. The number of ether oxygens (including phenoxy) is 2. The molecular weight excluding hydrogens is 401 g/mol. The van der Waals surface area contributed by atoms with E-state index in [1.807, 2.05) is 0 Å². The second-order valence-electron chi connectivity index (χ2n) is 9.38. The molecule has 31 heavy (non-hydrogen) atoms. The monoisotopic (exact) mass is 443 g/mol. The highest BCUT2D eigenvalue weighted by atomic mass is 31.1. The number of anilines is 1. The Labute approximate surface area is 192 Å². The minimum atomic E-state index is -0.0274. The fourth-order valence-corrected chi connectivity index (χ4v) is 6.15. The maximum absolute atomic E-state index is 6.11. The van der Waals surface area contributed by atoms with E-state index in [0.29, 0.717) is 20.7 Å². The first kappa shape index (κ1) is 25.7. The molecule has 0 aliphatic heterocycles. The van der Waals surface area contributed by atoms with Crippen LogP contribution in [-0.2, 0) is 9.89 Å². The molecule has 2 rings (SSSR count). The molecule has 172 valence electrons. The van der Waals surface area contributed by atoms with Gasteiger partial charge in [-0.3, -0.25) is 0 Å². The van der Waals surface area contributed by atoms with Crippen LogP contribution >= 0.6 is 8.58 Å². The Morgan fingerprint density at radius 3 is 2.19 bits per heavy atom. The van der Waals surface area contributed by atoms with E-state index in [1.54, 1.807) is 7.11 Å². The lowest BCUT2D eigenvalue weighted by molar-refractivity contribution is 0.0495. The van der Waals surface area contributed by atoms with Crippen molar-refractivity contribution in [2.45, 2.75) is 86.0 Å². The molecule has 2 atom stereocenters. The molecule has 2 unspecified atom stereocenters. The molecule has 0 aromatic heterocycles. The van der Waals surface area contributed by atoms with Crippen LogP contribution in [0.15, 0.2) is 30.3 Å². The Kier molecular flexibility index (Phi) is 8.98. The second-order valence-corrected chi connectivity index (χ2v) is 11.2. The highest BCUT2D eigenvalue weighted by Gasteiger charge is 2.32. The van der Waals surface area contributed by atoms with Crippen molar-refractivity contribution in [3.63, 3.8) is 0 Å². The molecule has 2 aromatic rings. The molecule has 0 fully saturated rings. The summed E-state index contributed by atoms with van der Waals surface area (Å²) in [5.41, 5.74) is 6.47. The molecule has 0 aliphatic rings. The Morgan fingerprint density at radius 2 is 1.65 bits per heavy atom. The molecule has 0 aliphatic carbocycles. The van der Waals surface area contributed by atoms with E-state index in [4.69, 9.17) is 9.47 Å². The maximum Gasteiger partial charge on any atom is 0.188 e. The van der Waals surface area contributed by atoms with Gasteiger partial charge in [0.2, 0.25) is 0 Å². The molecule has 0 amide bonds. The molecule has 0 radical (unpaired) electrons. The number of methoxy groups -OCH3 is 1. The lowest BCUT2D eigenvalue weighted by atomic mass is 9.92. The van der Waals surface area contributed by atoms with Gasteiger partial charge in [0.05, 0.1) is 0 Å². The van der Waals surface area contributed by atoms with Gasteiger partial charge in [-0.1, -0.05) is 52.3 Å². The fraction of sp³-hybridized carbons (Fsp3) is 0.556. The van der Waals surface area contributed by atoms with E-state index >= 15 is 0 Å². The zero-order valence-corrected chi connectivity index (χ0v) is 22.2. The first-order valence-electron chi connectivity index (χ1n) is 11.4. The van der Waals surface area contributed by atoms with Crippen LogP contribution in [0.1, 0.15) is 70.2 Å². The summed E-state index contributed by atoms with van der Waals surface area (Å²) in [7, 11) is 2.31. The van der Waals surface area contributed by atoms with Crippen molar-refractivity contribution in [1.29, 1.82) is 0 Å². The van der Waals surface area contributed by atoms with Crippen molar-refractivity contribution in [3.05, 3.63) is 52.6 Å². The molecule has 3 nitrogen and oxygen atoms in total. The van der Waals surface area contributed by atoms with Crippen molar-refractivity contribution >= 4 is 19.6 Å². The van der Waals surface area contributed by atoms with E-state index in [-0.39, 0.29) is 11.9 Å². The molecular formula is C27H42NO2P. The number of benzene rings is 2. The van der Waals surface area contributed by atoms with E-state index in [0.717, 1.165) is 12.2 Å². The zero-order chi connectivity index (χ0) is 23.3. The molecule has 0 saturated heterocycles. The van der Waals surface area contributed by atoms with Gasteiger partial charge in [-0.15, -0.1) is 0 Å². The van der Waals surface area contributed by atoms with Crippen molar-refractivity contribution in [1.82, 2.24) is 0 Å². The zero-order valence-electron chi connectivity index (χ0n) is 21.2. The van der Waals surface area contributed by atoms with Gasteiger partial charge in [0.15, 0.2) is 6.79 Å². The lowest BCUT2D eigenvalue weighted by Crippen LogP contribution is -2.40. The van der Waals surface area contributed by atoms with Crippen molar-refractivity contribution in [3.8, 4) is 5.75 Å². The first-order valence-corrected chi connectivity index (χ1v) is 12.4. The van der Waals surface area contributed by atoms with Crippen LogP contribution in [0, 0.1) is 20.8 Å². The summed E-state index contributed by atoms with van der Waals surface area (Å²) in [5, 5.41) is 1.44. The van der Waals surface area contributed by atoms with E-state index in [2.05, 4.69) is 97.5 Å². The number of rotatable bonds is 10. The predicted octanol–water partition coefficient (Wildman–Crippen LogP) is 6.85. The van der Waals surface area contributed by atoms with Gasteiger partial charge < -0.3 is 14.4 Å². The van der Waals surface area contributed by atoms with Gasteiger partial charge in [-0.05, 0) is 77.4 Å². The van der Waals surface area contributed by atoms with E-state index in [1.165, 1.54) is 33.2 Å². The molecule has 2 aromatic carbocycles. The molecule has 0 N–H and O–H groups in total. The average molecular weight is 444 g/mol. The summed E-state index contributed by atoms with van der Waals surface area (Å²) in [5.74, 6) is 0.976. The van der Waals surface area contributed by atoms with Crippen molar-refractivity contribution < 1.29 is 9.47 Å².